The molecule has 0 saturated carbocycles. The largest absolute Gasteiger partial charge is 0.486 e. The summed E-state index contributed by atoms with van der Waals surface area (Å²) in [5, 5.41) is 10.7. The Morgan fingerprint density at radius 1 is 1.35 bits per heavy atom. The number of carboxylic acids is 1. The average Bonchev–Trinajstić information content (AvgIpc) is 2.69. The van der Waals surface area contributed by atoms with E-state index in [0.717, 1.165) is 16.9 Å². The molecule has 2 rings (SSSR count). The van der Waals surface area contributed by atoms with E-state index >= 15 is 0 Å². The Balaban J connectivity index is 2.14. The number of aromatic carboxylic acids is 1. The minimum atomic E-state index is -0.969. The van der Waals surface area contributed by atoms with Crippen LogP contribution in [-0.2, 0) is 6.61 Å². The third-order valence-corrected chi connectivity index (χ3v) is 3.96. The van der Waals surface area contributed by atoms with E-state index in [2.05, 4.69) is 15.9 Å². The summed E-state index contributed by atoms with van der Waals surface area (Å²) in [6, 6.07) is 9.62. The maximum absolute atomic E-state index is 11.0. The second-order valence-corrected chi connectivity index (χ2v) is 5.06. The van der Waals surface area contributed by atoms with Gasteiger partial charge in [0.25, 0.3) is 0 Å². The number of carbonyl (C=O) groups is 1. The maximum Gasteiger partial charge on any atom is 0.349 e. The topological polar surface area (TPSA) is 46.5 Å². The van der Waals surface area contributed by atoms with Crippen molar-refractivity contribution >= 4 is 33.2 Å². The van der Waals surface area contributed by atoms with E-state index in [4.69, 9.17) is 9.84 Å². The van der Waals surface area contributed by atoms with Gasteiger partial charge in [0, 0.05) is 5.38 Å². The number of hydrogen-bond donors (Lipinski definition) is 1. The molecule has 3 nitrogen and oxygen atoms in total. The first-order chi connectivity index (χ1) is 8.18. The average molecular weight is 313 g/mol. The molecule has 0 spiro atoms. The lowest BCUT2D eigenvalue weighted by Crippen LogP contribution is -2.00. The molecule has 1 N–H and O–H groups in total. The summed E-state index contributed by atoms with van der Waals surface area (Å²) in [6.07, 6.45) is 0. The first-order valence-corrected chi connectivity index (χ1v) is 6.52. The molecular formula is C12H9BrO3S. The summed E-state index contributed by atoms with van der Waals surface area (Å²) in [6.45, 7) is 0.358. The molecule has 0 saturated heterocycles. The molecule has 5 heteroatoms. The van der Waals surface area contributed by atoms with Crippen molar-refractivity contribution in [3.8, 4) is 5.75 Å². The molecule has 2 aromatic rings. The molecule has 1 aromatic carbocycles. The quantitative estimate of drug-likeness (QED) is 0.934. The highest BCUT2D eigenvalue weighted by Gasteiger charge is 2.17. The highest BCUT2D eigenvalue weighted by molar-refractivity contribution is 9.10. The number of thiophene rings is 1. The smallest absolute Gasteiger partial charge is 0.349 e. The summed E-state index contributed by atoms with van der Waals surface area (Å²) < 4.78 is 6.21. The van der Waals surface area contributed by atoms with Crippen molar-refractivity contribution in [3.05, 3.63) is 50.6 Å². The molecule has 0 atom stereocenters. The van der Waals surface area contributed by atoms with Crippen molar-refractivity contribution in [1.29, 1.82) is 0 Å². The van der Waals surface area contributed by atoms with Crippen molar-refractivity contribution in [2.24, 2.45) is 0 Å². The summed E-state index contributed by atoms with van der Waals surface area (Å²) >= 11 is 4.43. The lowest BCUT2D eigenvalue weighted by atomic mass is 10.2. The standard InChI is InChI=1S/C12H9BrO3S/c13-9-7-17-11(12(14)15)10(9)16-6-8-4-2-1-3-5-8/h1-5,7H,6H2,(H,14,15). The Hall–Kier alpha value is -1.33. The molecule has 1 heterocycles. The van der Waals surface area contributed by atoms with Crippen LogP contribution >= 0.6 is 27.3 Å². The molecular weight excluding hydrogens is 304 g/mol. The Morgan fingerprint density at radius 2 is 2.06 bits per heavy atom. The van der Waals surface area contributed by atoms with Crippen molar-refractivity contribution in [2.45, 2.75) is 6.61 Å². The summed E-state index contributed by atoms with van der Waals surface area (Å²) in [5.74, 6) is -0.574. The van der Waals surface area contributed by atoms with Gasteiger partial charge in [-0.2, -0.15) is 0 Å². The Labute approximate surface area is 111 Å². The third kappa shape index (κ3) is 2.87. The molecule has 0 aliphatic carbocycles. The van der Waals surface area contributed by atoms with Gasteiger partial charge in [-0.05, 0) is 21.5 Å². The van der Waals surface area contributed by atoms with Gasteiger partial charge in [-0.1, -0.05) is 30.3 Å². The molecule has 0 aliphatic rings. The number of rotatable bonds is 4. The van der Waals surface area contributed by atoms with Crippen LogP contribution in [0.15, 0.2) is 40.2 Å². The second kappa shape index (κ2) is 5.33. The van der Waals surface area contributed by atoms with Crippen LogP contribution in [0.2, 0.25) is 0 Å². The zero-order valence-corrected chi connectivity index (χ0v) is 11.1. The van der Waals surface area contributed by atoms with Gasteiger partial charge >= 0.3 is 5.97 Å². The maximum atomic E-state index is 11.0. The van der Waals surface area contributed by atoms with Crippen molar-refractivity contribution < 1.29 is 14.6 Å². The van der Waals surface area contributed by atoms with E-state index in [0.29, 0.717) is 16.8 Å². The van der Waals surface area contributed by atoms with E-state index in [9.17, 15) is 4.79 Å². The molecule has 0 radical (unpaired) electrons. The molecule has 1 aromatic heterocycles. The van der Waals surface area contributed by atoms with Gasteiger partial charge in [0.2, 0.25) is 0 Å². The second-order valence-electron chi connectivity index (χ2n) is 3.32. The zero-order chi connectivity index (χ0) is 12.3. The number of halogens is 1. The van der Waals surface area contributed by atoms with E-state index in [1.54, 1.807) is 5.38 Å². The summed E-state index contributed by atoms with van der Waals surface area (Å²) in [5.41, 5.74) is 1.00. The van der Waals surface area contributed by atoms with Crippen molar-refractivity contribution in [3.63, 3.8) is 0 Å². The lowest BCUT2D eigenvalue weighted by molar-refractivity contribution is 0.0697. The fraction of sp³-hybridized carbons (Fsp3) is 0.0833. The van der Waals surface area contributed by atoms with E-state index < -0.39 is 5.97 Å². The third-order valence-electron chi connectivity index (χ3n) is 2.12. The van der Waals surface area contributed by atoms with E-state index in [-0.39, 0.29) is 4.88 Å². The lowest BCUT2D eigenvalue weighted by Gasteiger charge is -2.06. The highest BCUT2D eigenvalue weighted by Crippen LogP contribution is 2.35. The minimum absolute atomic E-state index is 0.216. The predicted molar refractivity (Wildman–Crippen MR) is 69.8 cm³/mol. The monoisotopic (exact) mass is 312 g/mol. The van der Waals surface area contributed by atoms with Gasteiger partial charge in [-0.25, -0.2) is 4.79 Å². The van der Waals surface area contributed by atoms with Gasteiger partial charge in [-0.15, -0.1) is 11.3 Å². The number of carboxylic acid groups (broad SMARTS) is 1. The van der Waals surface area contributed by atoms with Crippen LogP contribution < -0.4 is 4.74 Å². The number of ether oxygens (including phenoxy) is 1. The zero-order valence-electron chi connectivity index (χ0n) is 8.72. The van der Waals surface area contributed by atoms with Gasteiger partial charge in [0.1, 0.15) is 6.61 Å². The first-order valence-electron chi connectivity index (χ1n) is 4.85. The molecule has 0 unspecified atom stereocenters. The Bertz CT molecular complexity index is 522. The molecule has 0 amide bonds. The van der Waals surface area contributed by atoms with Gasteiger partial charge in [0.15, 0.2) is 10.6 Å². The van der Waals surface area contributed by atoms with Crippen LogP contribution in [-0.4, -0.2) is 11.1 Å². The minimum Gasteiger partial charge on any atom is -0.486 e. The molecule has 88 valence electrons. The fourth-order valence-electron chi connectivity index (χ4n) is 1.34. The molecule has 0 bridgehead atoms. The summed E-state index contributed by atoms with van der Waals surface area (Å²) in [4.78, 5) is 11.2. The van der Waals surface area contributed by atoms with E-state index in [1.807, 2.05) is 30.3 Å². The molecule has 0 fully saturated rings. The van der Waals surface area contributed by atoms with Crippen LogP contribution in [0.5, 0.6) is 5.75 Å². The Kier molecular flexibility index (Phi) is 3.81. The van der Waals surface area contributed by atoms with Gasteiger partial charge in [-0.3, -0.25) is 0 Å². The first kappa shape index (κ1) is 12.1. The van der Waals surface area contributed by atoms with Crippen LogP contribution in [0.4, 0.5) is 0 Å². The molecule has 0 aliphatic heterocycles. The van der Waals surface area contributed by atoms with Crippen LogP contribution in [0, 0.1) is 0 Å². The van der Waals surface area contributed by atoms with Crippen molar-refractivity contribution in [1.82, 2.24) is 0 Å². The predicted octanol–water partition coefficient (Wildman–Crippen LogP) is 3.79. The Morgan fingerprint density at radius 3 is 2.71 bits per heavy atom. The molecule has 17 heavy (non-hydrogen) atoms. The van der Waals surface area contributed by atoms with Crippen LogP contribution in [0.1, 0.15) is 15.2 Å². The van der Waals surface area contributed by atoms with Crippen LogP contribution in [0.25, 0.3) is 0 Å². The normalized spacial score (nSPS) is 10.2. The van der Waals surface area contributed by atoms with E-state index in [1.165, 1.54) is 0 Å². The fourth-order valence-corrected chi connectivity index (χ4v) is 2.77. The SMILES string of the molecule is O=C(O)c1scc(Br)c1OCc1ccccc1. The van der Waals surface area contributed by atoms with Gasteiger partial charge < -0.3 is 9.84 Å². The van der Waals surface area contributed by atoms with Crippen molar-refractivity contribution in [2.75, 3.05) is 0 Å². The summed E-state index contributed by atoms with van der Waals surface area (Å²) in [7, 11) is 0. The highest BCUT2D eigenvalue weighted by atomic mass is 79.9. The van der Waals surface area contributed by atoms with Gasteiger partial charge in [0.05, 0.1) is 4.47 Å². The van der Waals surface area contributed by atoms with Crippen LogP contribution in [0.3, 0.4) is 0 Å². The number of hydrogen-bond acceptors (Lipinski definition) is 3. The number of benzene rings is 1.